The summed E-state index contributed by atoms with van der Waals surface area (Å²) < 4.78 is 23.7. The van der Waals surface area contributed by atoms with Gasteiger partial charge in [0.05, 0.1) is 11.2 Å². The number of carbonyl (C=O) groups excluding carboxylic acids is 1. The van der Waals surface area contributed by atoms with Gasteiger partial charge in [-0.15, -0.1) is 0 Å². The zero-order valence-electron chi connectivity index (χ0n) is 20.7. The molecule has 1 aromatic carbocycles. The molecule has 2 aliphatic rings. The third-order valence-corrected chi connectivity index (χ3v) is 6.29. The molecular formula is C24H39BN2O5. The Balaban J connectivity index is 1.46. The smallest absolute Gasteiger partial charge is 0.492 e. The lowest BCUT2D eigenvalue weighted by Crippen LogP contribution is -2.49. The molecule has 1 aromatic rings. The summed E-state index contributed by atoms with van der Waals surface area (Å²) in [6.45, 7) is 17.0. The predicted molar refractivity (Wildman–Crippen MR) is 126 cm³/mol. The first-order valence-corrected chi connectivity index (χ1v) is 11.6. The lowest BCUT2D eigenvalue weighted by Gasteiger charge is -2.33. The zero-order valence-corrected chi connectivity index (χ0v) is 20.7. The van der Waals surface area contributed by atoms with E-state index in [2.05, 4.69) is 37.9 Å². The molecule has 8 heteroatoms. The third-order valence-electron chi connectivity index (χ3n) is 6.29. The van der Waals surface area contributed by atoms with Crippen molar-refractivity contribution >= 4 is 18.7 Å². The highest BCUT2D eigenvalue weighted by atomic mass is 16.7. The Morgan fingerprint density at radius 3 is 2.56 bits per heavy atom. The first-order valence-electron chi connectivity index (χ1n) is 11.6. The van der Waals surface area contributed by atoms with Crippen LogP contribution in [0.25, 0.3) is 0 Å². The largest absolute Gasteiger partial charge is 0.494 e. The standard InChI is InChI=1S/C24H39BN2O5/c1-22(2,3)30-21(28)26-19-11-9-13-27(17-19)14-15-29-20-12-8-10-18(16-20)25-31-23(4,5)24(6,7)32-25/h8,10,12,16,19H,9,11,13-15,17H2,1-7H3,(H,26,28). The van der Waals surface area contributed by atoms with E-state index in [1.54, 1.807) is 0 Å². The fourth-order valence-electron chi connectivity index (χ4n) is 3.87. The number of ether oxygens (including phenoxy) is 2. The van der Waals surface area contributed by atoms with E-state index in [0.717, 1.165) is 43.7 Å². The molecule has 178 valence electrons. The van der Waals surface area contributed by atoms with Gasteiger partial charge in [0.15, 0.2) is 0 Å². The number of rotatable bonds is 6. The molecule has 0 aliphatic carbocycles. The minimum atomic E-state index is -0.485. The van der Waals surface area contributed by atoms with Gasteiger partial charge in [0.1, 0.15) is 18.0 Å². The zero-order chi connectivity index (χ0) is 23.6. The van der Waals surface area contributed by atoms with Crippen molar-refractivity contribution < 1.29 is 23.6 Å². The molecule has 2 saturated heterocycles. The Hall–Kier alpha value is -1.77. The molecule has 0 radical (unpaired) electrons. The molecule has 32 heavy (non-hydrogen) atoms. The minimum absolute atomic E-state index is 0.102. The quantitative estimate of drug-likeness (QED) is 0.676. The van der Waals surface area contributed by atoms with Crippen LogP contribution in [0.1, 0.15) is 61.3 Å². The number of hydrogen-bond acceptors (Lipinski definition) is 6. The summed E-state index contributed by atoms with van der Waals surface area (Å²) in [6.07, 6.45) is 1.66. The van der Waals surface area contributed by atoms with Crippen molar-refractivity contribution in [2.24, 2.45) is 0 Å². The molecular weight excluding hydrogens is 407 g/mol. The summed E-state index contributed by atoms with van der Waals surface area (Å²) in [5, 5.41) is 2.99. The second-order valence-corrected chi connectivity index (χ2v) is 10.8. The number of amides is 1. The van der Waals surface area contributed by atoms with Gasteiger partial charge in [-0.2, -0.15) is 0 Å². The molecule has 2 aliphatic heterocycles. The average molecular weight is 446 g/mol. The second-order valence-electron chi connectivity index (χ2n) is 10.8. The van der Waals surface area contributed by atoms with E-state index in [0.29, 0.717) is 6.61 Å². The summed E-state index contributed by atoms with van der Waals surface area (Å²) in [7, 11) is -0.398. The van der Waals surface area contributed by atoms with Crippen LogP contribution in [0.5, 0.6) is 5.75 Å². The maximum Gasteiger partial charge on any atom is 0.494 e. The van der Waals surface area contributed by atoms with Crippen molar-refractivity contribution in [1.29, 1.82) is 0 Å². The van der Waals surface area contributed by atoms with E-state index in [4.69, 9.17) is 18.8 Å². The summed E-state index contributed by atoms with van der Waals surface area (Å²) in [4.78, 5) is 14.4. The number of benzene rings is 1. The van der Waals surface area contributed by atoms with Crippen LogP contribution in [0.3, 0.4) is 0 Å². The maximum absolute atomic E-state index is 12.1. The lowest BCUT2D eigenvalue weighted by molar-refractivity contribution is 0.00578. The van der Waals surface area contributed by atoms with Gasteiger partial charge in [-0.1, -0.05) is 12.1 Å². The van der Waals surface area contributed by atoms with E-state index >= 15 is 0 Å². The van der Waals surface area contributed by atoms with Crippen molar-refractivity contribution in [1.82, 2.24) is 10.2 Å². The molecule has 2 heterocycles. The molecule has 7 nitrogen and oxygen atoms in total. The SMILES string of the molecule is CC(C)(C)OC(=O)NC1CCCN(CCOc2cccc(B3OC(C)(C)C(C)(C)O3)c2)C1. The summed E-state index contributed by atoms with van der Waals surface area (Å²) in [5.74, 6) is 0.803. The van der Waals surface area contributed by atoms with Crippen molar-refractivity contribution in [3.05, 3.63) is 24.3 Å². The first-order chi connectivity index (χ1) is 14.8. The van der Waals surface area contributed by atoms with Gasteiger partial charge in [-0.25, -0.2) is 4.79 Å². The van der Waals surface area contributed by atoms with Gasteiger partial charge in [-0.05, 0) is 85.4 Å². The van der Waals surface area contributed by atoms with Crippen molar-refractivity contribution in [2.45, 2.75) is 84.2 Å². The monoisotopic (exact) mass is 446 g/mol. The van der Waals surface area contributed by atoms with Crippen LogP contribution in [-0.2, 0) is 14.0 Å². The van der Waals surface area contributed by atoms with Crippen molar-refractivity contribution in [3.63, 3.8) is 0 Å². The molecule has 1 unspecified atom stereocenters. The van der Waals surface area contributed by atoms with Crippen LogP contribution in [0.4, 0.5) is 4.79 Å². The number of nitrogens with one attached hydrogen (secondary N) is 1. The highest BCUT2D eigenvalue weighted by molar-refractivity contribution is 6.62. The van der Waals surface area contributed by atoms with Crippen LogP contribution < -0.4 is 15.5 Å². The van der Waals surface area contributed by atoms with E-state index < -0.39 is 12.7 Å². The van der Waals surface area contributed by atoms with Gasteiger partial charge in [0.25, 0.3) is 0 Å². The number of alkyl carbamates (subject to hydrolysis) is 1. The number of carbonyl (C=O) groups is 1. The molecule has 3 rings (SSSR count). The number of likely N-dealkylation sites (tertiary alicyclic amines) is 1. The Kier molecular flexibility index (Phi) is 7.47. The van der Waals surface area contributed by atoms with E-state index in [1.165, 1.54) is 0 Å². The van der Waals surface area contributed by atoms with E-state index in [-0.39, 0.29) is 23.3 Å². The second kappa shape index (κ2) is 9.61. The molecule has 1 amide bonds. The number of piperidine rings is 1. The van der Waals surface area contributed by atoms with Gasteiger partial charge in [0, 0.05) is 19.1 Å². The van der Waals surface area contributed by atoms with Crippen LogP contribution in [0.15, 0.2) is 24.3 Å². The Bertz CT molecular complexity index is 777. The highest BCUT2D eigenvalue weighted by Crippen LogP contribution is 2.36. The number of nitrogens with zero attached hydrogens (tertiary/aromatic N) is 1. The minimum Gasteiger partial charge on any atom is -0.492 e. The molecule has 0 saturated carbocycles. The van der Waals surface area contributed by atoms with Gasteiger partial charge >= 0.3 is 13.2 Å². The van der Waals surface area contributed by atoms with Crippen LogP contribution in [-0.4, -0.2) is 67.2 Å². The van der Waals surface area contributed by atoms with E-state index in [9.17, 15) is 4.79 Å². The van der Waals surface area contributed by atoms with Gasteiger partial charge < -0.3 is 24.1 Å². The lowest BCUT2D eigenvalue weighted by atomic mass is 9.79. The number of hydrogen-bond donors (Lipinski definition) is 1. The maximum atomic E-state index is 12.1. The van der Waals surface area contributed by atoms with Gasteiger partial charge in [-0.3, -0.25) is 4.90 Å². The fourth-order valence-corrected chi connectivity index (χ4v) is 3.87. The van der Waals surface area contributed by atoms with Crippen molar-refractivity contribution in [3.8, 4) is 5.75 Å². The first kappa shape index (κ1) is 24.9. The molecule has 2 fully saturated rings. The van der Waals surface area contributed by atoms with Crippen molar-refractivity contribution in [2.75, 3.05) is 26.2 Å². The average Bonchev–Trinajstić information content (AvgIpc) is 2.88. The molecule has 0 bridgehead atoms. The normalized spacial score (nSPS) is 23.1. The molecule has 1 atom stereocenters. The molecule has 1 N–H and O–H groups in total. The summed E-state index contributed by atoms with van der Waals surface area (Å²) >= 11 is 0. The van der Waals surface area contributed by atoms with Crippen LogP contribution in [0, 0.1) is 0 Å². The fraction of sp³-hybridized carbons (Fsp3) is 0.708. The predicted octanol–water partition coefficient (Wildman–Crippen LogP) is 3.35. The van der Waals surface area contributed by atoms with Crippen LogP contribution >= 0.6 is 0 Å². The van der Waals surface area contributed by atoms with Crippen LogP contribution in [0.2, 0.25) is 0 Å². The molecule has 0 aromatic heterocycles. The third kappa shape index (κ3) is 6.62. The van der Waals surface area contributed by atoms with Gasteiger partial charge in [0.2, 0.25) is 0 Å². The Labute approximate surface area is 193 Å². The Morgan fingerprint density at radius 1 is 1.22 bits per heavy atom. The van der Waals surface area contributed by atoms with E-state index in [1.807, 2.05) is 45.0 Å². The summed E-state index contributed by atoms with van der Waals surface area (Å²) in [5.41, 5.74) is -0.263. The Morgan fingerprint density at radius 2 is 1.91 bits per heavy atom. The summed E-state index contributed by atoms with van der Waals surface area (Å²) in [6, 6.07) is 8.03. The molecule has 0 spiro atoms. The topological polar surface area (TPSA) is 69.3 Å². The highest BCUT2D eigenvalue weighted by Gasteiger charge is 2.51.